The molecule has 1 heterocycles. The first-order chi connectivity index (χ1) is 12.3. The number of hydrogen-bond donors (Lipinski definition) is 2. The lowest BCUT2D eigenvalue weighted by Gasteiger charge is -2.11. The zero-order valence-corrected chi connectivity index (χ0v) is 13.0. The van der Waals surface area contributed by atoms with Gasteiger partial charge in [-0.25, -0.2) is 10.3 Å². The molecule has 1 aliphatic rings. The van der Waals surface area contributed by atoms with E-state index in [9.17, 15) is 18.0 Å². The van der Waals surface area contributed by atoms with Gasteiger partial charge in [-0.2, -0.15) is 0 Å². The van der Waals surface area contributed by atoms with E-state index in [2.05, 4.69) is 10.2 Å². The van der Waals surface area contributed by atoms with Crippen molar-refractivity contribution in [2.24, 2.45) is 0 Å². The van der Waals surface area contributed by atoms with Gasteiger partial charge in [0, 0.05) is 6.08 Å². The number of rotatable bonds is 5. The van der Waals surface area contributed by atoms with Crippen LogP contribution in [0.25, 0.3) is 0 Å². The summed E-state index contributed by atoms with van der Waals surface area (Å²) in [4.78, 5) is 16.2. The Bertz CT molecular complexity index is 833. The Morgan fingerprint density at radius 1 is 1.12 bits per heavy atom. The van der Waals surface area contributed by atoms with E-state index in [4.69, 9.17) is 14.7 Å². The number of hydroxylamine groups is 1. The third-order valence-electron chi connectivity index (χ3n) is 3.34. The Labute approximate surface area is 145 Å². The Morgan fingerprint density at radius 2 is 1.85 bits per heavy atom. The van der Waals surface area contributed by atoms with Crippen LogP contribution in [-0.4, -0.2) is 17.4 Å². The molecule has 1 atom stereocenters. The van der Waals surface area contributed by atoms with E-state index in [-0.39, 0.29) is 17.2 Å². The number of hydrogen-bond acceptors (Lipinski definition) is 5. The SMILES string of the molecule is O=C(O)c1cccc(OC2=C[C@H](c3ccc(OC(F)(F)F)cc3)ON2)c1. The lowest BCUT2D eigenvalue weighted by atomic mass is 10.1. The van der Waals surface area contributed by atoms with Gasteiger partial charge in [-0.3, -0.25) is 4.84 Å². The maximum absolute atomic E-state index is 12.2. The van der Waals surface area contributed by atoms with Crippen LogP contribution in [0.5, 0.6) is 11.5 Å². The number of aromatic carboxylic acids is 1. The lowest BCUT2D eigenvalue weighted by molar-refractivity contribution is -0.274. The first-order valence-corrected chi connectivity index (χ1v) is 7.30. The van der Waals surface area contributed by atoms with Gasteiger partial charge in [0.05, 0.1) is 5.56 Å². The fraction of sp³-hybridized carbons (Fsp3) is 0.118. The van der Waals surface area contributed by atoms with Crippen molar-refractivity contribution >= 4 is 5.97 Å². The van der Waals surface area contributed by atoms with Crippen LogP contribution in [0.3, 0.4) is 0 Å². The number of carboxylic acid groups (broad SMARTS) is 1. The summed E-state index contributed by atoms with van der Waals surface area (Å²) < 4.78 is 45.8. The van der Waals surface area contributed by atoms with E-state index in [1.54, 1.807) is 12.1 Å². The molecule has 0 amide bonds. The fourth-order valence-electron chi connectivity index (χ4n) is 2.22. The molecule has 2 N–H and O–H groups in total. The highest BCUT2D eigenvalue weighted by atomic mass is 19.4. The van der Waals surface area contributed by atoms with E-state index < -0.39 is 18.4 Å². The second-order valence-corrected chi connectivity index (χ2v) is 5.22. The maximum Gasteiger partial charge on any atom is 0.573 e. The zero-order valence-electron chi connectivity index (χ0n) is 13.0. The summed E-state index contributed by atoms with van der Waals surface area (Å²) in [6.07, 6.45) is -3.78. The molecule has 0 saturated heterocycles. The Kier molecular flexibility index (Phi) is 4.72. The van der Waals surface area contributed by atoms with Gasteiger partial charge in [-0.15, -0.1) is 13.2 Å². The first kappa shape index (κ1) is 17.6. The molecule has 0 fully saturated rings. The van der Waals surface area contributed by atoms with Crippen molar-refractivity contribution < 1.29 is 37.4 Å². The van der Waals surface area contributed by atoms with Gasteiger partial charge < -0.3 is 14.6 Å². The summed E-state index contributed by atoms with van der Waals surface area (Å²) in [6, 6.07) is 11.1. The normalized spacial score (nSPS) is 16.6. The number of carbonyl (C=O) groups is 1. The van der Waals surface area contributed by atoms with E-state index in [1.165, 1.54) is 42.5 Å². The molecule has 0 aliphatic carbocycles. The number of nitrogens with one attached hydrogen (secondary N) is 1. The van der Waals surface area contributed by atoms with E-state index in [1.807, 2.05) is 0 Å². The molecule has 0 radical (unpaired) electrons. The molecule has 136 valence electrons. The highest BCUT2D eigenvalue weighted by Gasteiger charge is 2.31. The standard InChI is InChI=1S/C17H12F3NO5/c18-17(19,20)25-12-6-4-10(5-7-12)14-9-15(21-26-14)24-13-3-1-2-11(8-13)16(22)23/h1-9,14,21H,(H,22,23)/t14-/m1/s1. The summed E-state index contributed by atoms with van der Waals surface area (Å²) in [5.74, 6) is -0.896. The quantitative estimate of drug-likeness (QED) is 0.838. The van der Waals surface area contributed by atoms with Crippen LogP contribution >= 0.6 is 0 Å². The summed E-state index contributed by atoms with van der Waals surface area (Å²) in [6.45, 7) is 0. The van der Waals surface area contributed by atoms with Crippen molar-refractivity contribution in [3.8, 4) is 11.5 Å². The summed E-state index contributed by atoms with van der Waals surface area (Å²) in [5.41, 5.74) is 3.18. The van der Waals surface area contributed by atoms with Gasteiger partial charge in [-0.1, -0.05) is 18.2 Å². The van der Waals surface area contributed by atoms with Crippen LogP contribution in [0.15, 0.2) is 60.5 Å². The highest BCUT2D eigenvalue weighted by molar-refractivity contribution is 5.88. The molecule has 2 aromatic rings. The van der Waals surface area contributed by atoms with Crippen molar-refractivity contribution in [3.05, 3.63) is 71.6 Å². The number of halogens is 3. The predicted octanol–water partition coefficient (Wildman–Crippen LogP) is 3.78. The van der Waals surface area contributed by atoms with Crippen LogP contribution in [0.4, 0.5) is 13.2 Å². The molecular formula is C17H12F3NO5. The number of alkyl halides is 3. The third kappa shape index (κ3) is 4.45. The lowest BCUT2D eigenvalue weighted by Crippen LogP contribution is -2.17. The second-order valence-electron chi connectivity index (χ2n) is 5.22. The van der Waals surface area contributed by atoms with Crippen molar-refractivity contribution in [2.75, 3.05) is 0 Å². The number of carboxylic acids is 1. The van der Waals surface area contributed by atoms with E-state index in [0.717, 1.165) is 0 Å². The summed E-state index contributed by atoms with van der Waals surface area (Å²) >= 11 is 0. The molecule has 0 aromatic heterocycles. The average molecular weight is 367 g/mol. The van der Waals surface area contributed by atoms with Crippen molar-refractivity contribution in [2.45, 2.75) is 12.5 Å². The Morgan fingerprint density at radius 3 is 2.50 bits per heavy atom. The molecule has 9 heteroatoms. The van der Waals surface area contributed by atoms with Crippen molar-refractivity contribution in [3.63, 3.8) is 0 Å². The molecule has 6 nitrogen and oxygen atoms in total. The van der Waals surface area contributed by atoms with Gasteiger partial charge in [0.25, 0.3) is 0 Å². The van der Waals surface area contributed by atoms with Crippen LogP contribution < -0.4 is 15.0 Å². The van der Waals surface area contributed by atoms with Crippen LogP contribution in [0, 0.1) is 0 Å². The molecule has 0 bridgehead atoms. The van der Waals surface area contributed by atoms with Gasteiger partial charge in [0.2, 0.25) is 5.88 Å². The minimum absolute atomic E-state index is 0.0684. The largest absolute Gasteiger partial charge is 0.573 e. The third-order valence-corrected chi connectivity index (χ3v) is 3.34. The van der Waals surface area contributed by atoms with Gasteiger partial charge >= 0.3 is 12.3 Å². The second kappa shape index (κ2) is 6.96. The summed E-state index contributed by atoms with van der Waals surface area (Å²) in [7, 11) is 0. The average Bonchev–Trinajstić information content (AvgIpc) is 3.03. The Balaban J connectivity index is 1.68. The molecule has 0 spiro atoms. The minimum Gasteiger partial charge on any atom is -0.478 e. The fourth-order valence-corrected chi connectivity index (χ4v) is 2.22. The number of ether oxygens (including phenoxy) is 2. The topological polar surface area (TPSA) is 77.0 Å². The Hall–Kier alpha value is -3.20. The van der Waals surface area contributed by atoms with Gasteiger partial charge in [-0.05, 0) is 35.9 Å². The highest BCUT2D eigenvalue weighted by Crippen LogP contribution is 2.29. The maximum atomic E-state index is 12.2. The number of benzene rings is 2. The summed E-state index contributed by atoms with van der Waals surface area (Å²) in [5, 5.41) is 8.96. The van der Waals surface area contributed by atoms with E-state index >= 15 is 0 Å². The van der Waals surface area contributed by atoms with Gasteiger partial charge in [0.15, 0.2) is 0 Å². The molecule has 1 aliphatic heterocycles. The van der Waals surface area contributed by atoms with Crippen molar-refractivity contribution in [1.82, 2.24) is 5.48 Å². The molecule has 26 heavy (non-hydrogen) atoms. The molecule has 0 unspecified atom stereocenters. The van der Waals surface area contributed by atoms with Crippen LogP contribution in [0.1, 0.15) is 22.0 Å². The minimum atomic E-state index is -4.75. The predicted molar refractivity (Wildman–Crippen MR) is 82.2 cm³/mol. The van der Waals surface area contributed by atoms with E-state index in [0.29, 0.717) is 11.3 Å². The molecular weight excluding hydrogens is 355 g/mol. The molecule has 3 rings (SSSR count). The van der Waals surface area contributed by atoms with Crippen molar-refractivity contribution in [1.29, 1.82) is 0 Å². The molecule has 2 aromatic carbocycles. The monoisotopic (exact) mass is 367 g/mol. The van der Waals surface area contributed by atoms with Crippen LogP contribution in [0.2, 0.25) is 0 Å². The smallest absolute Gasteiger partial charge is 0.478 e. The zero-order chi connectivity index (χ0) is 18.7. The van der Waals surface area contributed by atoms with Crippen LogP contribution in [-0.2, 0) is 4.84 Å². The first-order valence-electron chi connectivity index (χ1n) is 7.30. The van der Waals surface area contributed by atoms with Gasteiger partial charge in [0.1, 0.15) is 17.6 Å². The molecule has 0 saturated carbocycles.